The minimum Gasteiger partial charge on any atom is -0.480 e. The van der Waals surface area contributed by atoms with Gasteiger partial charge in [-0.1, -0.05) is 5.16 Å². The molecule has 0 saturated carbocycles. The maximum atomic E-state index is 10.7. The van der Waals surface area contributed by atoms with Crippen molar-refractivity contribution >= 4 is 11.8 Å². The molecule has 8 heteroatoms. The molecule has 0 spiro atoms. The summed E-state index contributed by atoms with van der Waals surface area (Å²) in [5.74, 6) is 1.12. The summed E-state index contributed by atoms with van der Waals surface area (Å²) in [6.07, 6.45) is 1.72. The highest BCUT2D eigenvalue weighted by Gasteiger charge is 2.20. The van der Waals surface area contributed by atoms with Gasteiger partial charge in [-0.3, -0.25) is 9.69 Å². The summed E-state index contributed by atoms with van der Waals surface area (Å²) >= 11 is 0. The Kier molecular flexibility index (Phi) is 4.01. The summed E-state index contributed by atoms with van der Waals surface area (Å²) in [7, 11) is 0. The predicted molar refractivity (Wildman–Crippen MR) is 78.6 cm³/mol. The molecule has 1 aliphatic rings. The fourth-order valence-corrected chi connectivity index (χ4v) is 2.47. The monoisotopic (exact) mass is 303 g/mol. The van der Waals surface area contributed by atoms with Crippen LogP contribution >= 0.6 is 0 Å². The van der Waals surface area contributed by atoms with Crippen LogP contribution in [0.4, 0.5) is 5.82 Å². The van der Waals surface area contributed by atoms with Crippen molar-refractivity contribution in [3.63, 3.8) is 0 Å². The standard InChI is InChI=1S/C14H17N5O3/c1-10-16-14(22-17-10)11-2-3-15-12(8-11)19-6-4-18(5-7-19)9-13(20)21/h2-3,8H,4-7,9H2,1H3,(H,20,21). The van der Waals surface area contributed by atoms with Crippen molar-refractivity contribution in [1.82, 2.24) is 20.0 Å². The van der Waals surface area contributed by atoms with Crippen LogP contribution in [0, 0.1) is 6.92 Å². The molecule has 0 atom stereocenters. The Morgan fingerprint density at radius 3 is 2.77 bits per heavy atom. The number of nitrogens with zero attached hydrogens (tertiary/aromatic N) is 5. The summed E-state index contributed by atoms with van der Waals surface area (Å²) in [6.45, 7) is 4.76. The fraction of sp³-hybridized carbons (Fsp3) is 0.429. The van der Waals surface area contributed by atoms with Gasteiger partial charge < -0.3 is 14.5 Å². The topological polar surface area (TPSA) is 95.6 Å². The van der Waals surface area contributed by atoms with Crippen molar-refractivity contribution in [3.05, 3.63) is 24.2 Å². The highest BCUT2D eigenvalue weighted by atomic mass is 16.5. The van der Waals surface area contributed by atoms with E-state index in [1.807, 2.05) is 17.0 Å². The third kappa shape index (κ3) is 3.22. The summed E-state index contributed by atoms with van der Waals surface area (Å²) in [4.78, 5) is 23.4. The minimum absolute atomic E-state index is 0.0859. The SMILES string of the molecule is Cc1noc(-c2ccnc(N3CCN(CC(=O)O)CC3)c2)n1. The molecule has 0 aromatic carbocycles. The molecule has 2 aromatic rings. The molecule has 0 bridgehead atoms. The molecule has 0 unspecified atom stereocenters. The third-order valence-electron chi connectivity index (χ3n) is 3.58. The highest BCUT2D eigenvalue weighted by Crippen LogP contribution is 2.22. The largest absolute Gasteiger partial charge is 0.480 e. The number of rotatable bonds is 4. The third-order valence-corrected chi connectivity index (χ3v) is 3.58. The number of carbonyl (C=O) groups is 1. The number of hydrogen-bond acceptors (Lipinski definition) is 7. The first-order valence-electron chi connectivity index (χ1n) is 7.07. The van der Waals surface area contributed by atoms with Crippen molar-refractivity contribution in [3.8, 4) is 11.5 Å². The molecule has 116 valence electrons. The minimum atomic E-state index is -0.791. The normalized spacial score (nSPS) is 16.0. The Labute approximate surface area is 127 Å². The van der Waals surface area contributed by atoms with Gasteiger partial charge in [0.15, 0.2) is 5.82 Å². The number of pyridine rings is 1. The molecular formula is C14H17N5O3. The van der Waals surface area contributed by atoms with Gasteiger partial charge in [-0.15, -0.1) is 0 Å². The van der Waals surface area contributed by atoms with E-state index in [9.17, 15) is 4.79 Å². The van der Waals surface area contributed by atoms with E-state index in [-0.39, 0.29) is 6.54 Å². The van der Waals surface area contributed by atoms with Crippen LogP contribution in [0.2, 0.25) is 0 Å². The van der Waals surface area contributed by atoms with E-state index in [0.29, 0.717) is 24.8 Å². The molecule has 0 radical (unpaired) electrons. The zero-order valence-electron chi connectivity index (χ0n) is 12.3. The van der Waals surface area contributed by atoms with Crippen molar-refractivity contribution in [2.75, 3.05) is 37.6 Å². The van der Waals surface area contributed by atoms with E-state index in [0.717, 1.165) is 24.5 Å². The second kappa shape index (κ2) is 6.10. The average Bonchev–Trinajstić information content (AvgIpc) is 2.94. The van der Waals surface area contributed by atoms with Crippen LogP contribution in [0.5, 0.6) is 0 Å². The lowest BCUT2D eigenvalue weighted by molar-refractivity contribution is -0.138. The summed E-state index contributed by atoms with van der Waals surface area (Å²) in [5.41, 5.74) is 0.832. The number of carboxylic acids is 1. The van der Waals surface area contributed by atoms with Crippen LogP contribution in [0.3, 0.4) is 0 Å². The molecule has 0 aliphatic carbocycles. The number of aromatic nitrogens is 3. The molecule has 3 rings (SSSR count). The first kappa shape index (κ1) is 14.5. The smallest absolute Gasteiger partial charge is 0.317 e. The van der Waals surface area contributed by atoms with Crippen LogP contribution in [0.15, 0.2) is 22.9 Å². The zero-order valence-corrected chi connectivity index (χ0v) is 12.3. The Hall–Kier alpha value is -2.48. The first-order chi connectivity index (χ1) is 10.6. The van der Waals surface area contributed by atoms with Gasteiger partial charge in [0, 0.05) is 37.9 Å². The summed E-state index contributed by atoms with van der Waals surface area (Å²) in [6, 6.07) is 3.75. The molecule has 22 heavy (non-hydrogen) atoms. The van der Waals surface area contributed by atoms with E-state index in [2.05, 4.69) is 20.0 Å². The van der Waals surface area contributed by atoms with Crippen molar-refractivity contribution in [1.29, 1.82) is 0 Å². The second-order valence-corrected chi connectivity index (χ2v) is 5.21. The molecule has 1 N–H and O–H groups in total. The molecule has 1 fully saturated rings. The lowest BCUT2D eigenvalue weighted by Crippen LogP contribution is -2.48. The van der Waals surface area contributed by atoms with E-state index >= 15 is 0 Å². The van der Waals surface area contributed by atoms with E-state index in [1.54, 1.807) is 13.1 Å². The second-order valence-electron chi connectivity index (χ2n) is 5.21. The van der Waals surface area contributed by atoms with E-state index in [1.165, 1.54) is 0 Å². The molecule has 1 aliphatic heterocycles. The quantitative estimate of drug-likeness (QED) is 0.879. The first-order valence-corrected chi connectivity index (χ1v) is 7.07. The van der Waals surface area contributed by atoms with Crippen LogP contribution in [0.25, 0.3) is 11.5 Å². The predicted octanol–water partition coefficient (Wildman–Crippen LogP) is 0.647. The number of piperazine rings is 1. The van der Waals surface area contributed by atoms with Crippen LogP contribution in [0.1, 0.15) is 5.82 Å². The van der Waals surface area contributed by atoms with Gasteiger partial charge in [0.2, 0.25) is 0 Å². The van der Waals surface area contributed by atoms with Crippen LogP contribution < -0.4 is 4.90 Å². The van der Waals surface area contributed by atoms with Gasteiger partial charge >= 0.3 is 5.97 Å². The Morgan fingerprint density at radius 2 is 2.14 bits per heavy atom. The average molecular weight is 303 g/mol. The van der Waals surface area contributed by atoms with Gasteiger partial charge in [-0.25, -0.2) is 4.98 Å². The van der Waals surface area contributed by atoms with Gasteiger partial charge in [-0.2, -0.15) is 4.98 Å². The molecule has 3 heterocycles. The fourth-order valence-electron chi connectivity index (χ4n) is 2.47. The van der Waals surface area contributed by atoms with Gasteiger partial charge in [0.05, 0.1) is 6.54 Å². The zero-order chi connectivity index (χ0) is 15.5. The summed E-state index contributed by atoms with van der Waals surface area (Å²) in [5, 5.41) is 12.6. The van der Waals surface area contributed by atoms with Gasteiger partial charge in [0.25, 0.3) is 5.89 Å². The van der Waals surface area contributed by atoms with Crippen molar-refractivity contribution < 1.29 is 14.4 Å². The molecule has 0 amide bonds. The van der Waals surface area contributed by atoms with Crippen LogP contribution in [-0.4, -0.2) is 63.8 Å². The number of anilines is 1. The number of carboxylic acid groups (broad SMARTS) is 1. The van der Waals surface area contributed by atoms with E-state index in [4.69, 9.17) is 9.63 Å². The van der Waals surface area contributed by atoms with E-state index < -0.39 is 5.97 Å². The molecular weight excluding hydrogens is 286 g/mol. The Morgan fingerprint density at radius 1 is 1.36 bits per heavy atom. The molecule has 8 nitrogen and oxygen atoms in total. The van der Waals surface area contributed by atoms with Crippen LogP contribution in [-0.2, 0) is 4.79 Å². The Bertz CT molecular complexity index is 664. The lowest BCUT2D eigenvalue weighted by Gasteiger charge is -2.34. The Balaban J connectivity index is 1.70. The molecule has 1 saturated heterocycles. The van der Waals surface area contributed by atoms with Crippen molar-refractivity contribution in [2.45, 2.75) is 6.92 Å². The lowest BCUT2D eigenvalue weighted by atomic mass is 10.2. The summed E-state index contributed by atoms with van der Waals surface area (Å²) < 4.78 is 5.17. The number of aryl methyl sites for hydroxylation is 1. The maximum absolute atomic E-state index is 10.7. The number of hydrogen-bond donors (Lipinski definition) is 1. The molecule has 2 aromatic heterocycles. The maximum Gasteiger partial charge on any atom is 0.317 e. The number of aliphatic carboxylic acids is 1. The van der Waals surface area contributed by atoms with Gasteiger partial charge in [0.1, 0.15) is 5.82 Å². The highest BCUT2D eigenvalue weighted by molar-refractivity contribution is 5.69. The van der Waals surface area contributed by atoms with Crippen molar-refractivity contribution in [2.24, 2.45) is 0 Å². The van der Waals surface area contributed by atoms with Gasteiger partial charge in [-0.05, 0) is 19.1 Å².